The predicted molar refractivity (Wildman–Crippen MR) is 68.7 cm³/mol. The summed E-state index contributed by atoms with van der Waals surface area (Å²) in [5.74, 6) is 0.00787. The highest BCUT2D eigenvalue weighted by Gasteiger charge is 2.47. The molecule has 4 nitrogen and oxygen atoms in total. The van der Waals surface area contributed by atoms with E-state index in [1.54, 1.807) is 0 Å². The van der Waals surface area contributed by atoms with E-state index in [0.717, 1.165) is 11.3 Å². The van der Waals surface area contributed by atoms with E-state index < -0.39 is 11.4 Å². The molecule has 0 aromatic heterocycles. The van der Waals surface area contributed by atoms with Crippen molar-refractivity contribution in [2.75, 3.05) is 6.61 Å². The van der Waals surface area contributed by atoms with Gasteiger partial charge in [-0.15, -0.1) is 0 Å². The van der Waals surface area contributed by atoms with E-state index >= 15 is 0 Å². The minimum absolute atomic E-state index is 0.0339. The number of hydrogen-bond donors (Lipinski definition) is 2. The van der Waals surface area contributed by atoms with Crippen molar-refractivity contribution in [1.29, 1.82) is 0 Å². The molecule has 1 aromatic rings. The molecule has 0 amide bonds. The molecular weight excluding hydrogens is 230 g/mol. The van der Waals surface area contributed by atoms with E-state index in [1.165, 1.54) is 0 Å². The van der Waals surface area contributed by atoms with Crippen LogP contribution in [0.4, 0.5) is 0 Å². The summed E-state index contributed by atoms with van der Waals surface area (Å²) < 4.78 is 5.67. The van der Waals surface area contributed by atoms with E-state index in [0.29, 0.717) is 6.61 Å². The van der Waals surface area contributed by atoms with Crippen LogP contribution in [-0.2, 0) is 10.2 Å². The Balaban J connectivity index is 2.59. The number of hydrogen-bond acceptors (Lipinski definition) is 3. The van der Waals surface area contributed by atoms with Crippen LogP contribution >= 0.6 is 0 Å². The highest BCUT2D eigenvalue weighted by Crippen LogP contribution is 2.46. The van der Waals surface area contributed by atoms with Crippen LogP contribution in [0.3, 0.4) is 0 Å². The maximum absolute atomic E-state index is 11.2. The normalized spacial score (nSPS) is 28.1. The smallest absolute Gasteiger partial charge is 0.304 e. The molecule has 3 atom stereocenters. The van der Waals surface area contributed by atoms with Gasteiger partial charge in [0.05, 0.1) is 13.0 Å². The van der Waals surface area contributed by atoms with Gasteiger partial charge >= 0.3 is 5.97 Å². The molecule has 3 N–H and O–H groups in total. The lowest BCUT2D eigenvalue weighted by Crippen LogP contribution is -2.53. The first-order chi connectivity index (χ1) is 8.48. The maximum atomic E-state index is 11.2. The van der Waals surface area contributed by atoms with Crippen molar-refractivity contribution >= 4 is 5.97 Å². The fourth-order valence-corrected chi connectivity index (χ4v) is 2.98. The van der Waals surface area contributed by atoms with Gasteiger partial charge in [0, 0.05) is 22.9 Å². The molecule has 0 aliphatic carbocycles. The number of carbonyl (C=O) groups is 1. The van der Waals surface area contributed by atoms with Gasteiger partial charge in [-0.1, -0.05) is 25.1 Å². The molecule has 0 radical (unpaired) electrons. The lowest BCUT2D eigenvalue weighted by molar-refractivity contribution is -0.139. The van der Waals surface area contributed by atoms with Crippen LogP contribution in [0, 0.1) is 5.92 Å². The largest absolute Gasteiger partial charge is 0.493 e. The van der Waals surface area contributed by atoms with Gasteiger partial charge < -0.3 is 15.6 Å². The van der Waals surface area contributed by atoms with Gasteiger partial charge in [-0.2, -0.15) is 0 Å². The Hall–Kier alpha value is -1.55. The zero-order valence-corrected chi connectivity index (χ0v) is 10.7. The van der Waals surface area contributed by atoms with Crippen molar-refractivity contribution in [2.24, 2.45) is 11.7 Å². The first-order valence-electron chi connectivity index (χ1n) is 6.18. The van der Waals surface area contributed by atoms with Crippen LogP contribution in [0.1, 0.15) is 25.8 Å². The zero-order valence-electron chi connectivity index (χ0n) is 10.7. The van der Waals surface area contributed by atoms with E-state index in [-0.39, 0.29) is 18.4 Å². The van der Waals surface area contributed by atoms with Gasteiger partial charge in [0.1, 0.15) is 5.75 Å². The molecule has 0 bridgehead atoms. The number of fused-ring (bicyclic) bond motifs is 1. The van der Waals surface area contributed by atoms with E-state index in [4.69, 9.17) is 10.5 Å². The monoisotopic (exact) mass is 249 g/mol. The van der Waals surface area contributed by atoms with Crippen LogP contribution < -0.4 is 10.5 Å². The second-order valence-electron chi connectivity index (χ2n) is 5.11. The van der Waals surface area contributed by atoms with E-state index in [9.17, 15) is 9.90 Å². The summed E-state index contributed by atoms with van der Waals surface area (Å²) in [5.41, 5.74) is 6.50. The Bertz CT molecular complexity index is 458. The SMILES string of the molecule is CC(N)C1(CC(=O)O)c2ccccc2OCC1C. The van der Waals surface area contributed by atoms with Gasteiger partial charge in [-0.25, -0.2) is 0 Å². The third-order valence-electron chi connectivity index (χ3n) is 4.01. The Kier molecular flexibility index (Phi) is 3.30. The molecule has 2 rings (SSSR count). The summed E-state index contributed by atoms with van der Waals surface area (Å²) in [4.78, 5) is 11.2. The summed E-state index contributed by atoms with van der Waals surface area (Å²) in [7, 11) is 0. The van der Waals surface area contributed by atoms with Crippen molar-refractivity contribution in [3.63, 3.8) is 0 Å². The van der Waals surface area contributed by atoms with Crippen LogP contribution in [0.25, 0.3) is 0 Å². The molecule has 4 heteroatoms. The summed E-state index contributed by atoms with van der Waals surface area (Å²) in [6.45, 7) is 4.38. The zero-order chi connectivity index (χ0) is 13.3. The topological polar surface area (TPSA) is 72.6 Å². The predicted octanol–water partition coefficient (Wildman–Crippen LogP) is 1.77. The number of nitrogens with two attached hydrogens (primary N) is 1. The molecule has 0 saturated carbocycles. The average Bonchev–Trinajstić information content (AvgIpc) is 2.32. The van der Waals surface area contributed by atoms with E-state index in [1.807, 2.05) is 38.1 Å². The fraction of sp³-hybridized carbons (Fsp3) is 0.500. The Morgan fingerprint density at radius 3 is 2.89 bits per heavy atom. The molecule has 0 fully saturated rings. The van der Waals surface area contributed by atoms with Gasteiger partial charge in [-0.05, 0) is 13.0 Å². The van der Waals surface area contributed by atoms with Crippen molar-refractivity contribution in [3.8, 4) is 5.75 Å². The van der Waals surface area contributed by atoms with Crippen LogP contribution in [-0.4, -0.2) is 23.7 Å². The molecule has 3 unspecified atom stereocenters. The highest BCUT2D eigenvalue weighted by molar-refractivity contribution is 5.70. The Labute approximate surface area is 107 Å². The standard InChI is InChI=1S/C14H19NO3/c1-9-8-18-12-6-4-3-5-11(12)14(9,10(2)15)7-13(16)17/h3-6,9-10H,7-8,15H2,1-2H3,(H,16,17). The number of benzene rings is 1. The molecule has 1 aliphatic rings. The minimum Gasteiger partial charge on any atom is -0.493 e. The molecule has 1 heterocycles. The molecule has 1 aromatic carbocycles. The third-order valence-corrected chi connectivity index (χ3v) is 4.01. The van der Waals surface area contributed by atoms with Crippen molar-refractivity contribution in [3.05, 3.63) is 29.8 Å². The van der Waals surface area contributed by atoms with Crippen LogP contribution in [0.15, 0.2) is 24.3 Å². The first kappa shape index (κ1) is 12.9. The minimum atomic E-state index is -0.823. The fourth-order valence-electron chi connectivity index (χ4n) is 2.98. The summed E-state index contributed by atoms with van der Waals surface area (Å²) >= 11 is 0. The Morgan fingerprint density at radius 2 is 2.28 bits per heavy atom. The summed E-state index contributed by atoms with van der Waals surface area (Å²) in [6, 6.07) is 7.35. The van der Waals surface area contributed by atoms with Crippen LogP contribution in [0.5, 0.6) is 5.75 Å². The highest BCUT2D eigenvalue weighted by atomic mass is 16.5. The Morgan fingerprint density at radius 1 is 1.61 bits per heavy atom. The van der Waals surface area contributed by atoms with Crippen molar-refractivity contribution in [2.45, 2.75) is 31.7 Å². The molecule has 98 valence electrons. The molecule has 0 saturated heterocycles. The van der Waals surface area contributed by atoms with Gasteiger partial charge in [0.2, 0.25) is 0 Å². The molecular formula is C14H19NO3. The lowest BCUT2D eigenvalue weighted by atomic mass is 9.63. The number of para-hydroxylation sites is 1. The van der Waals surface area contributed by atoms with Crippen LogP contribution in [0.2, 0.25) is 0 Å². The molecule has 1 aliphatic heterocycles. The second kappa shape index (κ2) is 4.61. The maximum Gasteiger partial charge on any atom is 0.304 e. The van der Waals surface area contributed by atoms with Gasteiger partial charge in [-0.3, -0.25) is 4.79 Å². The number of carboxylic acids is 1. The average molecular weight is 249 g/mol. The summed E-state index contributed by atoms with van der Waals surface area (Å²) in [5, 5.41) is 9.23. The summed E-state index contributed by atoms with van der Waals surface area (Å²) in [6.07, 6.45) is 0.0339. The molecule has 18 heavy (non-hydrogen) atoms. The quantitative estimate of drug-likeness (QED) is 0.856. The van der Waals surface area contributed by atoms with Crippen molar-refractivity contribution < 1.29 is 14.6 Å². The molecule has 0 spiro atoms. The first-order valence-corrected chi connectivity index (χ1v) is 6.18. The number of rotatable bonds is 3. The number of aliphatic carboxylic acids is 1. The third kappa shape index (κ3) is 1.86. The second-order valence-corrected chi connectivity index (χ2v) is 5.11. The van der Waals surface area contributed by atoms with Crippen molar-refractivity contribution in [1.82, 2.24) is 0 Å². The van der Waals surface area contributed by atoms with Gasteiger partial charge in [0.25, 0.3) is 0 Å². The number of carboxylic acid groups (broad SMARTS) is 1. The lowest BCUT2D eigenvalue weighted by Gasteiger charge is -2.45. The number of ether oxygens (including phenoxy) is 1. The van der Waals surface area contributed by atoms with Gasteiger partial charge in [0.15, 0.2) is 0 Å². The van der Waals surface area contributed by atoms with E-state index in [2.05, 4.69) is 0 Å².